The molecular weight excluding hydrogens is 366 g/mol. The van der Waals surface area contributed by atoms with Gasteiger partial charge in [-0.15, -0.1) is 0 Å². The Labute approximate surface area is 165 Å². The maximum absolute atomic E-state index is 12.1. The highest BCUT2D eigenvalue weighted by atomic mass is 35.5. The van der Waals surface area contributed by atoms with Gasteiger partial charge in [-0.25, -0.2) is 0 Å². The van der Waals surface area contributed by atoms with Gasteiger partial charge in [0.25, 0.3) is 5.91 Å². The van der Waals surface area contributed by atoms with Crippen LogP contribution in [0.4, 0.5) is 0 Å². The van der Waals surface area contributed by atoms with E-state index in [9.17, 15) is 4.79 Å². The molecule has 0 saturated carbocycles. The Kier molecular flexibility index (Phi) is 7.55. The molecule has 0 saturated heterocycles. The summed E-state index contributed by atoms with van der Waals surface area (Å²) >= 11 is 6.03. The van der Waals surface area contributed by atoms with Crippen molar-refractivity contribution in [1.29, 1.82) is 0 Å². The number of hydrogen-bond acceptors (Lipinski definition) is 3. The molecule has 1 aromatic carbocycles. The first-order valence-electron chi connectivity index (χ1n) is 8.59. The molecule has 0 bridgehead atoms. The number of methoxy groups -OCH3 is 1. The number of carbonyl (C=O) groups is 1. The van der Waals surface area contributed by atoms with Gasteiger partial charge in [0.15, 0.2) is 5.96 Å². The van der Waals surface area contributed by atoms with E-state index in [1.54, 1.807) is 38.4 Å². The van der Waals surface area contributed by atoms with E-state index in [1.807, 2.05) is 35.8 Å². The zero-order valence-corrected chi connectivity index (χ0v) is 16.9. The van der Waals surface area contributed by atoms with E-state index in [1.165, 1.54) is 0 Å². The predicted molar refractivity (Wildman–Crippen MR) is 109 cm³/mol. The van der Waals surface area contributed by atoms with Crippen molar-refractivity contribution in [3.63, 3.8) is 0 Å². The summed E-state index contributed by atoms with van der Waals surface area (Å²) in [5.74, 6) is 1.34. The Hall–Kier alpha value is -2.67. The SMILES string of the molecule is CN=C(NCCNC(=O)c1ccc(OC)cc1)N(C)Cc1cc(Cl)cn1C. The third-order valence-corrected chi connectivity index (χ3v) is 4.30. The first-order valence-corrected chi connectivity index (χ1v) is 8.97. The Morgan fingerprint density at radius 2 is 1.93 bits per heavy atom. The second kappa shape index (κ2) is 9.87. The molecule has 1 aromatic heterocycles. The van der Waals surface area contributed by atoms with Crippen LogP contribution < -0.4 is 15.4 Å². The summed E-state index contributed by atoms with van der Waals surface area (Å²) in [4.78, 5) is 18.4. The lowest BCUT2D eigenvalue weighted by atomic mass is 10.2. The summed E-state index contributed by atoms with van der Waals surface area (Å²) in [5, 5.41) is 6.83. The minimum atomic E-state index is -0.124. The van der Waals surface area contributed by atoms with Gasteiger partial charge < -0.3 is 24.8 Å². The number of aliphatic imine (C=N–C) groups is 1. The smallest absolute Gasteiger partial charge is 0.251 e. The molecule has 8 heteroatoms. The monoisotopic (exact) mass is 391 g/mol. The predicted octanol–water partition coefficient (Wildman–Crippen LogP) is 2.12. The average Bonchev–Trinajstić information content (AvgIpc) is 2.98. The lowest BCUT2D eigenvalue weighted by Gasteiger charge is -2.22. The second-order valence-electron chi connectivity index (χ2n) is 6.08. The van der Waals surface area contributed by atoms with Gasteiger partial charge in [-0.05, 0) is 30.3 Å². The van der Waals surface area contributed by atoms with Gasteiger partial charge in [0.1, 0.15) is 5.75 Å². The minimum Gasteiger partial charge on any atom is -0.497 e. The van der Waals surface area contributed by atoms with Crippen molar-refractivity contribution < 1.29 is 9.53 Å². The number of guanidine groups is 1. The number of nitrogens with zero attached hydrogens (tertiary/aromatic N) is 3. The van der Waals surface area contributed by atoms with E-state index >= 15 is 0 Å². The molecule has 2 rings (SSSR count). The number of ether oxygens (including phenoxy) is 1. The minimum absolute atomic E-state index is 0.124. The van der Waals surface area contributed by atoms with Crippen molar-refractivity contribution >= 4 is 23.5 Å². The highest BCUT2D eigenvalue weighted by Crippen LogP contribution is 2.14. The van der Waals surface area contributed by atoms with Crippen LogP contribution in [0.5, 0.6) is 5.75 Å². The molecule has 0 unspecified atom stereocenters. The molecule has 7 nitrogen and oxygen atoms in total. The normalized spacial score (nSPS) is 11.2. The zero-order chi connectivity index (χ0) is 19.8. The fraction of sp³-hybridized carbons (Fsp3) is 0.368. The number of nitrogens with one attached hydrogen (secondary N) is 2. The third kappa shape index (κ3) is 5.92. The Morgan fingerprint density at radius 1 is 1.26 bits per heavy atom. The molecule has 0 atom stereocenters. The summed E-state index contributed by atoms with van der Waals surface area (Å²) in [6.45, 7) is 1.71. The van der Waals surface area contributed by atoms with Gasteiger partial charge in [0.2, 0.25) is 0 Å². The summed E-state index contributed by atoms with van der Waals surface area (Å²) in [7, 11) is 7.23. The van der Waals surface area contributed by atoms with E-state index in [0.29, 0.717) is 30.2 Å². The van der Waals surface area contributed by atoms with Crippen LogP contribution in [0, 0.1) is 0 Å². The van der Waals surface area contributed by atoms with Crippen LogP contribution in [0.3, 0.4) is 0 Å². The zero-order valence-electron chi connectivity index (χ0n) is 16.1. The van der Waals surface area contributed by atoms with Crippen molar-refractivity contribution in [3.05, 3.63) is 52.8 Å². The number of aryl methyl sites for hydroxylation is 1. The second-order valence-corrected chi connectivity index (χ2v) is 6.51. The molecule has 146 valence electrons. The molecule has 2 N–H and O–H groups in total. The highest BCUT2D eigenvalue weighted by Gasteiger charge is 2.10. The van der Waals surface area contributed by atoms with Crippen LogP contribution in [-0.4, -0.2) is 55.6 Å². The number of aromatic nitrogens is 1. The maximum Gasteiger partial charge on any atom is 0.251 e. The molecule has 1 amide bonds. The van der Waals surface area contributed by atoms with E-state index < -0.39 is 0 Å². The third-order valence-electron chi connectivity index (χ3n) is 4.09. The highest BCUT2D eigenvalue weighted by molar-refractivity contribution is 6.30. The Balaban J connectivity index is 1.78. The van der Waals surface area contributed by atoms with Crippen molar-refractivity contribution in [3.8, 4) is 5.75 Å². The van der Waals surface area contributed by atoms with Gasteiger partial charge in [-0.3, -0.25) is 9.79 Å². The van der Waals surface area contributed by atoms with Crippen LogP contribution in [0.1, 0.15) is 16.1 Å². The van der Waals surface area contributed by atoms with E-state index in [4.69, 9.17) is 16.3 Å². The lowest BCUT2D eigenvalue weighted by Crippen LogP contribution is -2.42. The molecule has 27 heavy (non-hydrogen) atoms. The largest absolute Gasteiger partial charge is 0.497 e. The first kappa shape index (κ1) is 20.6. The van der Waals surface area contributed by atoms with E-state index in [0.717, 1.165) is 17.4 Å². The number of rotatable bonds is 7. The van der Waals surface area contributed by atoms with Crippen LogP contribution >= 0.6 is 11.6 Å². The molecular formula is C19H26ClN5O2. The standard InChI is InChI=1S/C19H26ClN5O2/c1-21-19(25(3)13-16-11-15(20)12-24(16)2)23-10-9-22-18(26)14-5-7-17(27-4)8-6-14/h5-8,11-12H,9-10,13H2,1-4H3,(H,21,23)(H,22,26). The fourth-order valence-corrected chi connectivity index (χ4v) is 2.89. The summed E-state index contributed by atoms with van der Waals surface area (Å²) < 4.78 is 7.08. The van der Waals surface area contributed by atoms with Gasteiger partial charge in [-0.2, -0.15) is 0 Å². The first-order chi connectivity index (χ1) is 12.9. The summed E-state index contributed by atoms with van der Waals surface area (Å²) in [5.41, 5.74) is 1.68. The molecule has 0 aliphatic rings. The molecule has 0 aliphatic heterocycles. The van der Waals surface area contributed by atoms with Gasteiger partial charge in [-0.1, -0.05) is 11.6 Å². The Bertz CT molecular complexity index is 786. The van der Waals surface area contributed by atoms with Crippen LogP contribution in [-0.2, 0) is 13.6 Å². The number of amides is 1. The molecule has 2 aromatic rings. The van der Waals surface area contributed by atoms with E-state index in [2.05, 4.69) is 15.6 Å². The molecule has 1 heterocycles. The van der Waals surface area contributed by atoms with Crippen molar-refractivity contribution in [2.75, 3.05) is 34.3 Å². The van der Waals surface area contributed by atoms with Crippen LogP contribution in [0.25, 0.3) is 0 Å². The van der Waals surface area contributed by atoms with Gasteiger partial charge in [0, 0.05) is 51.7 Å². The van der Waals surface area contributed by atoms with Crippen molar-refractivity contribution in [2.24, 2.45) is 12.0 Å². The van der Waals surface area contributed by atoms with Crippen molar-refractivity contribution in [1.82, 2.24) is 20.1 Å². The molecule has 0 aliphatic carbocycles. The maximum atomic E-state index is 12.1. The van der Waals surface area contributed by atoms with E-state index in [-0.39, 0.29) is 5.91 Å². The summed E-state index contributed by atoms with van der Waals surface area (Å²) in [6.07, 6.45) is 1.87. The number of carbonyl (C=O) groups excluding carboxylic acids is 1. The summed E-state index contributed by atoms with van der Waals surface area (Å²) in [6, 6.07) is 8.93. The molecule has 0 fully saturated rings. The average molecular weight is 392 g/mol. The molecule has 0 spiro atoms. The Morgan fingerprint density at radius 3 is 2.48 bits per heavy atom. The van der Waals surface area contributed by atoms with Gasteiger partial charge in [0.05, 0.1) is 18.7 Å². The number of benzene rings is 1. The van der Waals surface area contributed by atoms with Crippen LogP contribution in [0.2, 0.25) is 5.02 Å². The molecule has 0 radical (unpaired) electrons. The number of hydrogen-bond donors (Lipinski definition) is 2. The fourth-order valence-electron chi connectivity index (χ4n) is 2.62. The topological polar surface area (TPSA) is 70.9 Å². The lowest BCUT2D eigenvalue weighted by molar-refractivity contribution is 0.0954. The van der Waals surface area contributed by atoms with Crippen molar-refractivity contribution in [2.45, 2.75) is 6.54 Å². The van der Waals surface area contributed by atoms with Crippen LogP contribution in [0.15, 0.2) is 41.5 Å². The quantitative estimate of drug-likeness (QED) is 0.431. The number of halogens is 1. The van der Waals surface area contributed by atoms with Gasteiger partial charge >= 0.3 is 0 Å².